The normalized spacial score (nSPS) is 11.6. The molecule has 4 rings (SSSR count). The lowest BCUT2D eigenvalue weighted by Gasteiger charge is -2.11. The van der Waals surface area contributed by atoms with E-state index in [9.17, 15) is 8.42 Å². The van der Waals surface area contributed by atoms with Gasteiger partial charge in [-0.2, -0.15) is 0 Å². The van der Waals surface area contributed by atoms with E-state index in [1.165, 1.54) is 16.9 Å². The van der Waals surface area contributed by atoms with Gasteiger partial charge < -0.3 is 5.32 Å². The van der Waals surface area contributed by atoms with E-state index >= 15 is 0 Å². The van der Waals surface area contributed by atoms with Gasteiger partial charge in [0.2, 0.25) is 10.0 Å². The number of nitrogens with zero attached hydrogens (tertiary/aromatic N) is 2. The van der Waals surface area contributed by atoms with Gasteiger partial charge in [-0.05, 0) is 42.0 Å². The summed E-state index contributed by atoms with van der Waals surface area (Å²) < 4.78 is 27.6. The molecule has 0 saturated carbocycles. The molecule has 0 radical (unpaired) electrons. The van der Waals surface area contributed by atoms with Crippen LogP contribution in [0.1, 0.15) is 17.8 Å². The zero-order valence-electron chi connectivity index (χ0n) is 16.3. The Morgan fingerprint density at radius 2 is 1.70 bits per heavy atom. The molecule has 0 aliphatic carbocycles. The summed E-state index contributed by atoms with van der Waals surface area (Å²) in [6.45, 7) is 0.792. The van der Waals surface area contributed by atoms with Crippen molar-refractivity contribution in [3.05, 3.63) is 83.5 Å². The predicted molar refractivity (Wildman–Crippen MR) is 121 cm³/mol. The summed E-state index contributed by atoms with van der Waals surface area (Å²) in [6, 6.07) is 21.4. The third kappa shape index (κ3) is 5.02. The Kier molecular flexibility index (Phi) is 6.37. The molecule has 0 fully saturated rings. The Balaban J connectivity index is 1.46. The number of thiophene rings is 1. The standard InChI is InChI=1S/C22H22N4O2S2/c27-30(28,21-13-7-15-29-21)24-16-20-25-19-12-5-4-11-18(19)22(26-20)23-14-6-10-17-8-2-1-3-9-17/h1-5,7-9,11-13,15,24H,6,10,14,16H2,(H,23,25,26). The number of aromatic nitrogens is 2. The summed E-state index contributed by atoms with van der Waals surface area (Å²) in [5.74, 6) is 1.15. The second-order valence-electron chi connectivity index (χ2n) is 6.78. The van der Waals surface area contributed by atoms with Crippen LogP contribution >= 0.6 is 11.3 Å². The first-order chi connectivity index (χ1) is 14.6. The summed E-state index contributed by atoms with van der Waals surface area (Å²) >= 11 is 1.18. The van der Waals surface area contributed by atoms with E-state index in [1.54, 1.807) is 17.5 Å². The van der Waals surface area contributed by atoms with Gasteiger partial charge in [0.25, 0.3) is 0 Å². The number of fused-ring (bicyclic) bond motifs is 1. The fraction of sp³-hybridized carbons (Fsp3) is 0.182. The number of benzene rings is 2. The monoisotopic (exact) mass is 438 g/mol. The maximum absolute atomic E-state index is 12.4. The highest BCUT2D eigenvalue weighted by Gasteiger charge is 2.16. The maximum Gasteiger partial charge on any atom is 0.250 e. The Labute approximate surface area is 180 Å². The second-order valence-corrected chi connectivity index (χ2v) is 9.72. The summed E-state index contributed by atoms with van der Waals surface area (Å²) in [4.78, 5) is 9.11. The molecule has 2 aromatic heterocycles. The maximum atomic E-state index is 12.4. The minimum absolute atomic E-state index is 0.0315. The topological polar surface area (TPSA) is 84.0 Å². The smallest absolute Gasteiger partial charge is 0.250 e. The van der Waals surface area contributed by atoms with Gasteiger partial charge in [0.15, 0.2) is 0 Å². The minimum Gasteiger partial charge on any atom is -0.369 e. The fourth-order valence-corrected chi connectivity index (χ4v) is 5.15. The predicted octanol–water partition coefficient (Wildman–Crippen LogP) is 4.21. The fourth-order valence-electron chi connectivity index (χ4n) is 3.13. The first-order valence-corrected chi connectivity index (χ1v) is 12.0. The van der Waals surface area contributed by atoms with E-state index < -0.39 is 10.0 Å². The molecule has 4 aromatic rings. The van der Waals surface area contributed by atoms with Crippen LogP contribution in [0, 0.1) is 0 Å². The number of sulfonamides is 1. The number of hydrogen-bond donors (Lipinski definition) is 2. The molecule has 0 saturated heterocycles. The highest BCUT2D eigenvalue weighted by atomic mass is 32.2. The number of anilines is 1. The average Bonchev–Trinajstić information content (AvgIpc) is 3.32. The molecule has 0 amide bonds. The van der Waals surface area contributed by atoms with Gasteiger partial charge >= 0.3 is 0 Å². The van der Waals surface area contributed by atoms with Crippen LogP contribution in [0.5, 0.6) is 0 Å². The number of para-hydroxylation sites is 1. The van der Waals surface area contributed by atoms with Crippen LogP contribution in [0.15, 0.2) is 76.3 Å². The van der Waals surface area contributed by atoms with Crippen molar-refractivity contribution < 1.29 is 8.42 Å². The molecule has 0 spiro atoms. The van der Waals surface area contributed by atoms with Gasteiger partial charge in [0.05, 0.1) is 12.1 Å². The van der Waals surface area contributed by atoms with Gasteiger partial charge in [-0.25, -0.2) is 23.1 Å². The van der Waals surface area contributed by atoms with E-state index in [2.05, 4.69) is 32.1 Å². The quantitative estimate of drug-likeness (QED) is 0.382. The van der Waals surface area contributed by atoms with Gasteiger partial charge in [0, 0.05) is 11.9 Å². The Hall–Kier alpha value is -2.81. The van der Waals surface area contributed by atoms with Crippen molar-refractivity contribution in [3.63, 3.8) is 0 Å². The molecule has 0 bridgehead atoms. The van der Waals surface area contributed by atoms with Crippen LogP contribution in [0.4, 0.5) is 5.82 Å². The lowest BCUT2D eigenvalue weighted by atomic mass is 10.1. The minimum atomic E-state index is -3.56. The largest absolute Gasteiger partial charge is 0.369 e. The average molecular weight is 439 g/mol. The highest BCUT2D eigenvalue weighted by Crippen LogP contribution is 2.21. The molecule has 154 valence electrons. The van der Waals surface area contributed by atoms with Crippen molar-refractivity contribution in [2.45, 2.75) is 23.6 Å². The summed E-state index contributed by atoms with van der Waals surface area (Å²) in [6.07, 6.45) is 1.94. The molecule has 2 aromatic carbocycles. The Morgan fingerprint density at radius 3 is 2.50 bits per heavy atom. The molecule has 2 heterocycles. The third-order valence-corrected chi connectivity index (χ3v) is 7.41. The van der Waals surface area contributed by atoms with E-state index in [0.29, 0.717) is 5.82 Å². The number of nitrogens with one attached hydrogen (secondary N) is 2. The van der Waals surface area contributed by atoms with E-state index in [-0.39, 0.29) is 10.8 Å². The molecule has 0 aliphatic heterocycles. The van der Waals surface area contributed by atoms with Crippen molar-refractivity contribution in [2.24, 2.45) is 0 Å². The van der Waals surface area contributed by atoms with E-state index in [1.807, 2.05) is 42.5 Å². The zero-order chi connectivity index (χ0) is 20.8. The summed E-state index contributed by atoms with van der Waals surface area (Å²) in [7, 11) is -3.56. The summed E-state index contributed by atoms with van der Waals surface area (Å²) in [5.41, 5.74) is 2.08. The molecule has 2 N–H and O–H groups in total. The van der Waals surface area contributed by atoms with Gasteiger partial charge in [-0.15, -0.1) is 11.3 Å². The SMILES string of the molecule is O=S(=O)(NCc1nc(NCCCc2ccccc2)c2ccccc2n1)c1cccs1. The molecule has 6 nitrogen and oxygen atoms in total. The van der Waals surface area contributed by atoms with Crippen LogP contribution in [0.3, 0.4) is 0 Å². The summed E-state index contributed by atoms with van der Waals surface area (Å²) in [5, 5.41) is 6.05. The molecular weight excluding hydrogens is 416 g/mol. The number of aryl methyl sites for hydroxylation is 1. The number of hydrogen-bond acceptors (Lipinski definition) is 6. The van der Waals surface area contributed by atoms with Crippen LogP contribution in [0.25, 0.3) is 10.9 Å². The molecule has 0 aliphatic rings. The first-order valence-electron chi connectivity index (χ1n) is 9.68. The van der Waals surface area contributed by atoms with Crippen molar-refractivity contribution in [1.82, 2.24) is 14.7 Å². The van der Waals surface area contributed by atoms with Crippen molar-refractivity contribution >= 4 is 38.1 Å². The van der Waals surface area contributed by atoms with Gasteiger partial charge in [0.1, 0.15) is 15.9 Å². The molecule has 0 atom stereocenters. The molecular formula is C22H22N4O2S2. The van der Waals surface area contributed by atoms with Crippen molar-refractivity contribution in [1.29, 1.82) is 0 Å². The van der Waals surface area contributed by atoms with Crippen molar-refractivity contribution in [2.75, 3.05) is 11.9 Å². The lowest BCUT2D eigenvalue weighted by Crippen LogP contribution is -2.24. The third-order valence-electron chi connectivity index (χ3n) is 4.61. The van der Waals surface area contributed by atoms with Crippen molar-refractivity contribution in [3.8, 4) is 0 Å². The zero-order valence-corrected chi connectivity index (χ0v) is 17.9. The highest BCUT2D eigenvalue weighted by molar-refractivity contribution is 7.91. The van der Waals surface area contributed by atoms with Crippen LogP contribution in [-0.2, 0) is 23.0 Å². The molecule has 30 heavy (non-hydrogen) atoms. The van der Waals surface area contributed by atoms with Crippen LogP contribution in [-0.4, -0.2) is 24.9 Å². The first kappa shape index (κ1) is 20.5. The Bertz CT molecular complexity index is 1210. The molecule has 8 heteroatoms. The van der Waals surface area contributed by atoms with Crippen LogP contribution < -0.4 is 10.0 Å². The van der Waals surface area contributed by atoms with Gasteiger partial charge in [-0.3, -0.25) is 0 Å². The Morgan fingerprint density at radius 1 is 0.900 bits per heavy atom. The van der Waals surface area contributed by atoms with Gasteiger partial charge in [-0.1, -0.05) is 48.5 Å². The van der Waals surface area contributed by atoms with E-state index in [0.717, 1.165) is 36.1 Å². The molecule has 0 unspecified atom stereocenters. The number of rotatable bonds is 9. The van der Waals surface area contributed by atoms with E-state index in [4.69, 9.17) is 0 Å². The second kappa shape index (κ2) is 9.34. The lowest BCUT2D eigenvalue weighted by molar-refractivity contribution is 0.581. The van der Waals surface area contributed by atoms with Crippen LogP contribution in [0.2, 0.25) is 0 Å².